The van der Waals surface area contributed by atoms with Gasteiger partial charge in [-0.15, -0.1) is 0 Å². The molecule has 0 amide bonds. The second kappa shape index (κ2) is 8.08. The Labute approximate surface area is 192 Å². The molecule has 1 aliphatic heterocycles. The Hall–Kier alpha value is -3.14. The van der Waals surface area contributed by atoms with Crippen molar-refractivity contribution < 1.29 is 0 Å². The second-order valence-corrected chi connectivity index (χ2v) is 13.5. The average molecular weight is 435 g/mol. The van der Waals surface area contributed by atoms with Crippen LogP contribution in [0, 0.1) is 0 Å². The zero-order valence-electron chi connectivity index (χ0n) is 19.1. The minimum atomic E-state index is -2.16. The van der Waals surface area contributed by atoms with E-state index in [2.05, 4.69) is 145 Å². The fourth-order valence-electron chi connectivity index (χ4n) is 5.68. The van der Waals surface area contributed by atoms with Gasteiger partial charge in [-0.3, -0.25) is 5.01 Å². The fourth-order valence-corrected chi connectivity index (χ4v) is 9.80. The highest BCUT2D eigenvalue weighted by atomic mass is 28.3. The van der Waals surface area contributed by atoms with E-state index in [1.54, 1.807) is 0 Å². The summed E-state index contributed by atoms with van der Waals surface area (Å²) in [6.45, 7) is 8.25. The van der Waals surface area contributed by atoms with Crippen molar-refractivity contribution in [1.29, 1.82) is 0 Å². The van der Waals surface area contributed by atoms with Crippen LogP contribution in [-0.4, -0.2) is 19.6 Å². The van der Waals surface area contributed by atoms with Crippen LogP contribution in [0.4, 0.5) is 11.4 Å². The van der Waals surface area contributed by atoms with Crippen LogP contribution >= 0.6 is 0 Å². The van der Waals surface area contributed by atoms with Gasteiger partial charge in [-0.1, -0.05) is 122 Å². The summed E-state index contributed by atoms with van der Waals surface area (Å²) in [5.74, 6) is 0. The number of benzene rings is 4. The average Bonchev–Trinajstić information content (AvgIpc) is 3.17. The molecule has 1 unspecified atom stereocenters. The predicted octanol–water partition coefficient (Wildman–Crippen LogP) is 6.47. The summed E-state index contributed by atoms with van der Waals surface area (Å²) in [4.78, 5) is 0. The lowest BCUT2D eigenvalue weighted by Crippen LogP contribution is -2.68. The number of para-hydroxylation sites is 2. The molecule has 0 spiro atoms. The number of hydrogen-bond acceptors (Lipinski definition) is 2. The second-order valence-electron chi connectivity index (χ2n) is 8.95. The van der Waals surface area contributed by atoms with E-state index in [-0.39, 0.29) is 5.16 Å². The van der Waals surface area contributed by atoms with Gasteiger partial charge in [0.05, 0.1) is 16.5 Å². The predicted molar refractivity (Wildman–Crippen MR) is 138 cm³/mol. The Bertz CT molecular complexity index is 1190. The molecular weight excluding hydrogens is 404 g/mol. The van der Waals surface area contributed by atoms with Crippen LogP contribution < -0.4 is 10.2 Å². The molecule has 0 aromatic heterocycles. The lowest BCUT2D eigenvalue weighted by atomic mass is 9.97. The molecular formula is C29H30N2Si. The minimum Gasteiger partial charge on any atom is -0.273 e. The van der Waals surface area contributed by atoms with Crippen LogP contribution in [0.25, 0.3) is 0 Å². The van der Waals surface area contributed by atoms with Crippen molar-refractivity contribution in [3.05, 3.63) is 126 Å². The summed E-state index contributed by atoms with van der Waals surface area (Å²) < 4.78 is 0. The van der Waals surface area contributed by atoms with Crippen molar-refractivity contribution in [3.63, 3.8) is 0 Å². The summed E-state index contributed by atoms with van der Waals surface area (Å²) in [5, 5.41) is 6.31. The van der Waals surface area contributed by atoms with Crippen LogP contribution in [0.2, 0.25) is 13.1 Å². The van der Waals surface area contributed by atoms with Crippen molar-refractivity contribution in [3.8, 4) is 0 Å². The third-order valence-corrected chi connectivity index (χ3v) is 11.4. The number of hydrogen-bond donors (Lipinski definition) is 0. The van der Waals surface area contributed by atoms with Crippen molar-refractivity contribution in [1.82, 2.24) is 5.01 Å². The molecule has 2 nitrogen and oxygen atoms in total. The number of anilines is 2. The van der Waals surface area contributed by atoms with Gasteiger partial charge in [-0.25, -0.2) is 5.01 Å². The first-order chi connectivity index (χ1) is 15.6. The number of hydrazine groups is 1. The Morgan fingerprint density at radius 3 is 1.81 bits per heavy atom. The zero-order chi connectivity index (χ0) is 22.2. The van der Waals surface area contributed by atoms with Crippen LogP contribution in [0.15, 0.2) is 115 Å². The van der Waals surface area contributed by atoms with E-state index in [1.807, 2.05) is 0 Å². The van der Waals surface area contributed by atoms with Crippen LogP contribution in [0.1, 0.15) is 18.1 Å². The monoisotopic (exact) mass is 434 g/mol. The van der Waals surface area contributed by atoms with E-state index in [9.17, 15) is 0 Å². The molecule has 0 radical (unpaired) electrons. The third kappa shape index (κ3) is 2.89. The van der Waals surface area contributed by atoms with Gasteiger partial charge < -0.3 is 0 Å². The molecule has 160 valence electrons. The molecule has 1 atom stereocenters. The third-order valence-electron chi connectivity index (χ3n) is 7.04. The largest absolute Gasteiger partial charge is 0.273 e. The van der Waals surface area contributed by atoms with E-state index in [0.717, 1.165) is 6.54 Å². The number of nitrogens with zero attached hydrogens (tertiary/aromatic N) is 2. The number of fused-ring (bicyclic) bond motifs is 1. The molecule has 4 aromatic carbocycles. The van der Waals surface area contributed by atoms with Gasteiger partial charge in [-0.05, 0) is 23.8 Å². The summed E-state index contributed by atoms with van der Waals surface area (Å²) in [6, 6.07) is 42.1. The molecule has 1 aliphatic rings. The topological polar surface area (TPSA) is 6.48 Å². The Kier molecular flexibility index (Phi) is 5.24. The van der Waals surface area contributed by atoms with E-state index in [1.165, 1.54) is 27.7 Å². The normalized spacial score (nSPS) is 18.5. The maximum Gasteiger partial charge on any atom is 0.116 e. The number of rotatable bonds is 5. The molecule has 0 bridgehead atoms. The molecule has 0 saturated heterocycles. The molecule has 1 heterocycles. The minimum absolute atomic E-state index is 0.239. The van der Waals surface area contributed by atoms with Crippen LogP contribution in [0.3, 0.4) is 0 Å². The van der Waals surface area contributed by atoms with Crippen molar-refractivity contribution in [2.75, 3.05) is 11.6 Å². The highest BCUT2D eigenvalue weighted by molar-refractivity contribution is 6.92. The highest BCUT2D eigenvalue weighted by Crippen LogP contribution is 2.55. The molecule has 0 saturated carbocycles. The van der Waals surface area contributed by atoms with E-state index >= 15 is 0 Å². The van der Waals surface area contributed by atoms with Gasteiger partial charge in [-0.2, -0.15) is 0 Å². The van der Waals surface area contributed by atoms with E-state index < -0.39 is 8.07 Å². The van der Waals surface area contributed by atoms with E-state index in [4.69, 9.17) is 0 Å². The molecule has 4 aromatic rings. The molecule has 5 rings (SSSR count). The van der Waals surface area contributed by atoms with Crippen molar-refractivity contribution in [2.45, 2.75) is 25.2 Å². The molecule has 32 heavy (non-hydrogen) atoms. The maximum absolute atomic E-state index is 2.63. The Balaban J connectivity index is 1.88. The van der Waals surface area contributed by atoms with Gasteiger partial charge in [0.15, 0.2) is 0 Å². The first-order valence-electron chi connectivity index (χ1n) is 11.5. The molecule has 0 aliphatic carbocycles. The van der Waals surface area contributed by atoms with Crippen LogP contribution in [0.5, 0.6) is 0 Å². The lowest BCUT2D eigenvalue weighted by Gasteiger charge is -2.51. The summed E-state index contributed by atoms with van der Waals surface area (Å²) in [6.07, 6.45) is 0. The van der Waals surface area contributed by atoms with Crippen molar-refractivity contribution in [2.24, 2.45) is 0 Å². The van der Waals surface area contributed by atoms with E-state index in [0.29, 0.717) is 0 Å². The van der Waals surface area contributed by atoms with Gasteiger partial charge in [0, 0.05) is 12.1 Å². The SMILES string of the molecule is CCN1N(c2ccccc2)c2ccccc2C1(c1ccccc1)[Si](C)(C)c1ccccc1. The lowest BCUT2D eigenvalue weighted by molar-refractivity contribution is 0.219. The standard InChI is InChI=1S/C29H30N2Si/c1-4-30-29(24-16-8-5-9-17-24,32(2,3)26-20-12-7-13-21-26)27-22-14-15-23-28(27)31(30)25-18-10-6-11-19-25/h5-23H,4H2,1-3H3. The summed E-state index contributed by atoms with van der Waals surface area (Å²) in [7, 11) is -2.16. The molecule has 0 fully saturated rings. The fraction of sp³-hybridized carbons (Fsp3) is 0.172. The van der Waals surface area contributed by atoms with Gasteiger partial charge >= 0.3 is 0 Å². The highest BCUT2D eigenvalue weighted by Gasteiger charge is 2.60. The summed E-state index contributed by atoms with van der Waals surface area (Å²) >= 11 is 0. The maximum atomic E-state index is 2.63. The Morgan fingerprint density at radius 2 is 1.19 bits per heavy atom. The quantitative estimate of drug-likeness (QED) is 0.332. The molecule has 3 heteroatoms. The van der Waals surface area contributed by atoms with Crippen molar-refractivity contribution >= 4 is 24.6 Å². The van der Waals surface area contributed by atoms with Gasteiger partial charge in [0.1, 0.15) is 8.07 Å². The van der Waals surface area contributed by atoms with Gasteiger partial charge in [0.2, 0.25) is 0 Å². The first-order valence-corrected chi connectivity index (χ1v) is 14.5. The smallest absolute Gasteiger partial charge is 0.116 e. The van der Waals surface area contributed by atoms with Crippen LogP contribution in [-0.2, 0) is 5.16 Å². The summed E-state index contributed by atoms with van der Waals surface area (Å²) in [5.41, 5.74) is 5.25. The first kappa shape index (κ1) is 20.7. The van der Waals surface area contributed by atoms with Gasteiger partial charge in [0.25, 0.3) is 0 Å². The zero-order valence-corrected chi connectivity index (χ0v) is 20.1. The Morgan fingerprint density at radius 1 is 0.656 bits per heavy atom. The molecule has 0 N–H and O–H groups in total.